The predicted octanol–water partition coefficient (Wildman–Crippen LogP) is 1.12. The average molecular weight is 241 g/mol. The Morgan fingerprint density at radius 2 is 2.24 bits per heavy atom. The number of methoxy groups -OCH3 is 1. The molecule has 1 saturated carbocycles. The quantitative estimate of drug-likeness (QED) is 0.749. The maximum Gasteiger partial charge on any atom is 0.407 e. The summed E-state index contributed by atoms with van der Waals surface area (Å²) >= 11 is 0. The normalized spacial score (nSPS) is 30.4. The topological polar surface area (TPSA) is 64.6 Å². The van der Waals surface area contributed by atoms with Gasteiger partial charge >= 0.3 is 6.09 Å². The van der Waals surface area contributed by atoms with Gasteiger partial charge in [-0.1, -0.05) is 0 Å². The zero-order valence-electron chi connectivity index (χ0n) is 10.1. The molecule has 17 heavy (non-hydrogen) atoms. The minimum absolute atomic E-state index is 0.172. The van der Waals surface area contributed by atoms with Crippen LogP contribution in [0.5, 0.6) is 0 Å². The molecule has 2 fully saturated rings. The summed E-state index contributed by atoms with van der Waals surface area (Å²) < 4.78 is 10.2. The Kier molecular flexibility index (Phi) is 3.99. The van der Waals surface area contributed by atoms with E-state index in [2.05, 4.69) is 10.1 Å². The average Bonchev–Trinajstić information content (AvgIpc) is 3.20. The molecular formula is C12H19NO4. The van der Waals surface area contributed by atoms with E-state index in [1.165, 1.54) is 20.0 Å². The van der Waals surface area contributed by atoms with Crippen LogP contribution in [0, 0.1) is 11.8 Å². The lowest BCUT2D eigenvalue weighted by molar-refractivity contribution is -0.112. The first-order valence-corrected chi connectivity index (χ1v) is 6.16. The smallest absolute Gasteiger partial charge is 0.407 e. The molecule has 0 aromatic carbocycles. The van der Waals surface area contributed by atoms with E-state index in [0.29, 0.717) is 12.5 Å². The van der Waals surface area contributed by atoms with Crippen LogP contribution in [0.2, 0.25) is 0 Å². The van der Waals surface area contributed by atoms with Gasteiger partial charge in [0.2, 0.25) is 0 Å². The molecule has 0 radical (unpaired) electrons. The maximum absolute atomic E-state index is 11.1. The summed E-state index contributed by atoms with van der Waals surface area (Å²) in [5.41, 5.74) is 0. The number of amides is 1. The molecule has 0 spiro atoms. The third-order valence-electron chi connectivity index (χ3n) is 3.63. The van der Waals surface area contributed by atoms with Crippen molar-refractivity contribution in [1.82, 2.24) is 5.32 Å². The van der Waals surface area contributed by atoms with Gasteiger partial charge in [0.05, 0.1) is 19.3 Å². The fourth-order valence-corrected chi connectivity index (χ4v) is 2.44. The Morgan fingerprint density at radius 3 is 2.82 bits per heavy atom. The van der Waals surface area contributed by atoms with E-state index in [1.54, 1.807) is 0 Å². The first kappa shape index (κ1) is 12.4. The van der Waals surface area contributed by atoms with Gasteiger partial charge in [0.15, 0.2) is 0 Å². The number of hydrogen-bond donors (Lipinski definition) is 1. The first-order chi connectivity index (χ1) is 8.24. The number of rotatable bonds is 4. The van der Waals surface area contributed by atoms with Gasteiger partial charge in [-0.25, -0.2) is 4.79 Å². The van der Waals surface area contributed by atoms with E-state index in [-0.39, 0.29) is 12.0 Å². The second kappa shape index (κ2) is 5.49. The number of hydrogen-bond acceptors (Lipinski definition) is 4. The van der Waals surface area contributed by atoms with Crippen molar-refractivity contribution in [2.45, 2.75) is 37.8 Å². The number of carbonyl (C=O) groups is 2. The highest BCUT2D eigenvalue weighted by atomic mass is 16.5. The molecule has 3 atom stereocenters. The SMILES string of the molecule is COC(=O)N[C@H](C=O)[C@H]1CCOC(C2CC2)C1. The van der Waals surface area contributed by atoms with Crippen LogP contribution < -0.4 is 5.32 Å². The molecule has 2 aliphatic rings. The molecule has 1 aliphatic carbocycles. The molecule has 0 aromatic rings. The van der Waals surface area contributed by atoms with Crippen LogP contribution >= 0.6 is 0 Å². The van der Waals surface area contributed by atoms with Crippen molar-refractivity contribution < 1.29 is 19.1 Å². The number of nitrogens with one attached hydrogen (secondary N) is 1. The van der Waals surface area contributed by atoms with Gasteiger partial charge in [-0.2, -0.15) is 0 Å². The van der Waals surface area contributed by atoms with Crippen molar-refractivity contribution in [1.29, 1.82) is 0 Å². The molecule has 1 N–H and O–H groups in total. The van der Waals surface area contributed by atoms with Crippen molar-refractivity contribution in [3.63, 3.8) is 0 Å². The largest absolute Gasteiger partial charge is 0.453 e. The fraction of sp³-hybridized carbons (Fsp3) is 0.833. The fourth-order valence-electron chi connectivity index (χ4n) is 2.44. The van der Waals surface area contributed by atoms with Gasteiger partial charge in [0.25, 0.3) is 0 Å². The molecule has 0 bridgehead atoms. The van der Waals surface area contributed by atoms with E-state index in [0.717, 1.165) is 19.1 Å². The van der Waals surface area contributed by atoms with Crippen molar-refractivity contribution >= 4 is 12.4 Å². The van der Waals surface area contributed by atoms with Gasteiger partial charge in [-0.05, 0) is 37.5 Å². The van der Waals surface area contributed by atoms with E-state index in [9.17, 15) is 9.59 Å². The van der Waals surface area contributed by atoms with E-state index in [1.807, 2.05) is 0 Å². The minimum Gasteiger partial charge on any atom is -0.453 e. The lowest BCUT2D eigenvalue weighted by Crippen LogP contribution is -2.45. The van der Waals surface area contributed by atoms with E-state index in [4.69, 9.17) is 4.74 Å². The van der Waals surface area contributed by atoms with Crippen LogP contribution in [0.3, 0.4) is 0 Å². The molecule has 96 valence electrons. The van der Waals surface area contributed by atoms with Crippen LogP contribution in [0.1, 0.15) is 25.7 Å². The summed E-state index contributed by atoms with van der Waals surface area (Å²) in [6.07, 6.45) is 4.67. The summed E-state index contributed by atoms with van der Waals surface area (Å²) in [6, 6.07) is -0.451. The molecule has 5 nitrogen and oxygen atoms in total. The van der Waals surface area contributed by atoms with Crippen molar-refractivity contribution in [3.05, 3.63) is 0 Å². The molecule has 1 saturated heterocycles. The number of alkyl carbamates (subject to hydrolysis) is 1. The summed E-state index contributed by atoms with van der Waals surface area (Å²) in [4.78, 5) is 22.2. The third-order valence-corrected chi connectivity index (χ3v) is 3.63. The van der Waals surface area contributed by atoms with Crippen molar-refractivity contribution in [2.75, 3.05) is 13.7 Å². The maximum atomic E-state index is 11.1. The molecule has 1 unspecified atom stereocenters. The highest BCUT2D eigenvalue weighted by molar-refractivity contribution is 5.73. The molecule has 1 aliphatic heterocycles. The van der Waals surface area contributed by atoms with E-state index < -0.39 is 12.1 Å². The van der Waals surface area contributed by atoms with E-state index >= 15 is 0 Å². The monoisotopic (exact) mass is 241 g/mol. The Balaban J connectivity index is 1.88. The van der Waals surface area contributed by atoms with Crippen LogP contribution in [-0.2, 0) is 14.3 Å². The molecule has 0 aromatic heterocycles. The lowest BCUT2D eigenvalue weighted by Gasteiger charge is -2.32. The van der Waals surface area contributed by atoms with Crippen LogP contribution in [0.15, 0.2) is 0 Å². The summed E-state index contributed by atoms with van der Waals surface area (Å²) in [5.74, 6) is 0.842. The summed E-state index contributed by atoms with van der Waals surface area (Å²) in [7, 11) is 1.30. The minimum atomic E-state index is -0.545. The standard InChI is InChI=1S/C12H19NO4/c1-16-12(15)13-10(7-14)9-4-5-17-11(6-9)8-2-3-8/h7-11H,2-6H2,1H3,(H,13,15)/t9-,10+,11?/m0/s1. The number of carbonyl (C=O) groups excluding carboxylic acids is 2. The molecular weight excluding hydrogens is 222 g/mol. The summed E-state index contributed by atoms with van der Waals surface area (Å²) in [6.45, 7) is 0.680. The molecule has 1 heterocycles. The highest BCUT2D eigenvalue weighted by Crippen LogP contribution is 2.39. The van der Waals surface area contributed by atoms with Gasteiger partial charge in [0, 0.05) is 6.61 Å². The zero-order valence-corrected chi connectivity index (χ0v) is 10.1. The zero-order chi connectivity index (χ0) is 12.3. The van der Waals surface area contributed by atoms with Crippen molar-refractivity contribution in [2.24, 2.45) is 11.8 Å². The number of aldehydes is 1. The highest BCUT2D eigenvalue weighted by Gasteiger charge is 2.38. The predicted molar refractivity (Wildman–Crippen MR) is 60.6 cm³/mol. The second-order valence-corrected chi connectivity index (χ2v) is 4.83. The van der Waals surface area contributed by atoms with Gasteiger partial charge in [0.1, 0.15) is 6.29 Å². The first-order valence-electron chi connectivity index (χ1n) is 6.16. The molecule has 2 rings (SSSR count). The Labute approximate surface area is 101 Å². The van der Waals surface area contributed by atoms with Crippen molar-refractivity contribution in [3.8, 4) is 0 Å². The molecule has 5 heteroatoms. The van der Waals surface area contributed by atoms with Gasteiger partial charge < -0.3 is 19.6 Å². The third kappa shape index (κ3) is 3.19. The summed E-state index contributed by atoms with van der Waals surface area (Å²) in [5, 5.41) is 2.58. The number of ether oxygens (including phenoxy) is 2. The van der Waals surface area contributed by atoms with Gasteiger partial charge in [-0.15, -0.1) is 0 Å². The lowest BCUT2D eigenvalue weighted by atomic mass is 9.88. The second-order valence-electron chi connectivity index (χ2n) is 4.83. The van der Waals surface area contributed by atoms with Gasteiger partial charge in [-0.3, -0.25) is 0 Å². The Morgan fingerprint density at radius 1 is 1.47 bits per heavy atom. The molecule has 1 amide bonds. The van der Waals surface area contributed by atoms with Crippen LogP contribution in [-0.4, -0.2) is 38.2 Å². The Hall–Kier alpha value is -1.10. The Bertz CT molecular complexity index is 290. The van der Waals surface area contributed by atoms with Crippen LogP contribution in [0.4, 0.5) is 4.79 Å². The van der Waals surface area contributed by atoms with Crippen LogP contribution in [0.25, 0.3) is 0 Å².